The fourth-order valence-corrected chi connectivity index (χ4v) is 2.88. The average Bonchev–Trinajstić information content (AvgIpc) is 3.02. The largest absolute Gasteiger partial charge is 0.489 e. The number of amides is 2. The van der Waals surface area contributed by atoms with Crippen LogP contribution in [-0.2, 0) is 21.0 Å². The van der Waals surface area contributed by atoms with Crippen LogP contribution in [0.5, 0.6) is 5.75 Å². The lowest BCUT2D eigenvalue weighted by Gasteiger charge is -2.17. The zero-order chi connectivity index (χ0) is 19.6. The minimum atomic E-state index is -1.06. The van der Waals surface area contributed by atoms with E-state index in [4.69, 9.17) is 10.5 Å². The van der Waals surface area contributed by atoms with Crippen molar-refractivity contribution >= 4 is 23.3 Å². The van der Waals surface area contributed by atoms with E-state index in [9.17, 15) is 23.2 Å². The highest BCUT2D eigenvalue weighted by atomic mass is 19.1. The zero-order valence-electron chi connectivity index (χ0n) is 14.2. The summed E-state index contributed by atoms with van der Waals surface area (Å²) in [6.07, 6.45) is -0.0768. The number of carbonyl (C=O) groups excluding carboxylic acids is 3. The van der Waals surface area contributed by atoms with E-state index in [0.29, 0.717) is 11.4 Å². The Hall–Kier alpha value is -3.29. The summed E-state index contributed by atoms with van der Waals surface area (Å²) in [5.41, 5.74) is 5.32. The van der Waals surface area contributed by atoms with Crippen LogP contribution in [0.15, 0.2) is 42.5 Å². The number of hydrogen-bond acceptors (Lipinski definition) is 4. The molecule has 0 unspecified atom stereocenters. The summed E-state index contributed by atoms with van der Waals surface area (Å²) in [5, 5.41) is 0. The maximum atomic E-state index is 13.6. The molecule has 1 atom stereocenters. The van der Waals surface area contributed by atoms with Gasteiger partial charge in [0.1, 0.15) is 24.0 Å². The summed E-state index contributed by atoms with van der Waals surface area (Å²) in [6, 6.07) is 9.83. The number of halogens is 2. The van der Waals surface area contributed by atoms with Crippen LogP contribution in [-0.4, -0.2) is 24.1 Å². The maximum Gasteiger partial charge on any atom is 0.285 e. The summed E-state index contributed by atoms with van der Waals surface area (Å²) < 4.78 is 32.6. The molecule has 6 nitrogen and oxygen atoms in total. The van der Waals surface area contributed by atoms with Crippen molar-refractivity contribution < 1.29 is 27.9 Å². The Morgan fingerprint density at radius 1 is 1.11 bits per heavy atom. The molecule has 1 aliphatic rings. The van der Waals surface area contributed by atoms with Crippen LogP contribution in [0.1, 0.15) is 12.0 Å². The summed E-state index contributed by atoms with van der Waals surface area (Å²) in [7, 11) is 0. The second-order valence-corrected chi connectivity index (χ2v) is 6.12. The van der Waals surface area contributed by atoms with E-state index in [-0.39, 0.29) is 31.0 Å². The van der Waals surface area contributed by atoms with E-state index in [1.165, 1.54) is 11.0 Å². The molecule has 2 aromatic carbocycles. The van der Waals surface area contributed by atoms with Gasteiger partial charge in [0.2, 0.25) is 11.7 Å². The molecule has 0 aromatic heterocycles. The van der Waals surface area contributed by atoms with Crippen molar-refractivity contribution in [3.63, 3.8) is 0 Å². The number of carbonyl (C=O) groups is 3. The smallest absolute Gasteiger partial charge is 0.285 e. The first kappa shape index (κ1) is 18.5. The van der Waals surface area contributed by atoms with Crippen LogP contribution >= 0.6 is 0 Å². The summed E-state index contributed by atoms with van der Waals surface area (Å²) in [4.78, 5) is 36.1. The number of anilines is 1. The van der Waals surface area contributed by atoms with Gasteiger partial charge in [-0.25, -0.2) is 8.78 Å². The van der Waals surface area contributed by atoms with Crippen molar-refractivity contribution in [1.29, 1.82) is 0 Å². The molecule has 140 valence electrons. The molecule has 2 N–H and O–H groups in total. The first-order valence-corrected chi connectivity index (χ1v) is 8.16. The molecule has 1 fully saturated rings. The lowest BCUT2D eigenvalue weighted by molar-refractivity contribution is -0.138. The van der Waals surface area contributed by atoms with Crippen LogP contribution in [0.2, 0.25) is 0 Å². The van der Waals surface area contributed by atoms with Crippen molar-refractivity contribution in [1.82, 2.24) is 0 Å². The minimum absolute atomic E-state index is 0.0707. The summed E-state index contributed by atoms with van der Waals surface area (Å²) >= 11 is 0. The highest BCUT2D eigenvalue weighted by Gasteiger charge is 2.36. The Balaban J connectivity index is 1.66. The second-order valence-electron chi connectivity index (χ2n) is 6.12. The van der Waals surface area contributed by atoms with E-state index < -0.39 is 29.2 Å². The average molecular weight is 374 g/mol. The highest BCUT2D eigenvalue weighted by Crippen LogP contribution is 2.27. The second kappa shape index (κ2) is 7.53. The quantitative estimate of drug-likeness (QED) is 0.783. The zero-order valence-corrected chi connectivity index (χ0v) is 14.2. The molecule has 27 heavy (non-hydrogen) atoms. The lowest BCUT2D eigenvalue weighted by atomic mass is 10.0. The molecule has 0 spiro atoms. The van der Waals surface area contributed by atoms with E-state index >= 15 is 0 Å². The number of rotatable bonds is 6. The van der Waals surface area contributed by atoms with E-state index in [1.807, 2.05) is 0 Å². The molecule has 0 aliphatic carbocycles. The van der Waals surface area contributed by atoms with Gasteiger partial charge in [-0.3, -0.25) is 14.4 Å². The Kier molecular flexibility index (Phi) is 5.16. The van der Waals surface area contributed by atoms with Crippen molar-refractivity contribution in [2.45, 2.75) is 13.0 Å². The van der Waals surface area contributed by atoms with Gasteiger partial charge in [-0.2, -0.15) is 0 Å². The van der Waals surface area contributed by atoms with Crippen LogP contribution in [0.25, 0.3) is 0 Å². The number of ketones is 1. The topological polar surface area (TPSA) is 89.7 Å². The third-order valence-corrected chi connectivity index (χ3v) is 4.33. The molecule has 8 heteroatoms. The monoisotopic (exact) mass is 374 g/mol. The summed E-state index contributed by atoms with van der Waals surface area (Å²) in [6.45, 7) is -0.211. The molecule has 1 saturated heterocycles. The minimum Gasteiger partial charge on any atom is -0.489 e. The molecular weight excluding hydrogens is 358 g/mol. The van der Waals surface area contributed by atoms with E-state index in [1.54, 1.807) is 24.3 Å². The molecule has 2 amide bonds. The molecule has 0 bridgehead atoms. The van der Waals surface area contributed by atoms with Crippen molar-refractivity contribution in [2.24, 2.45) is 11.7 Å². The van der Waals surface area contributed by atoms with Crippen molar-refractivity contribution in [2.75, 3.05) is 11.4 Å². The number of primary amides is 1. The van der Waals surface area contributed by atoms with Crippen molar-refractivity contribution in [3.05, 3.63) is 59.7 Å². The fraction of sp³-hybridized carbons (Fsp3) is 0.211. The van der Waals surface area contributed by atoms with Gasteiger partial charge in [0, 0.05) is 18.7 Å². The normalized spacial score (nSPS) is 16.4. The number of Topliss-reactive ketones (excluding diaryl/α,β-unsaturated/α-hetero) is 1. The lowest BCUT2D eigenvalue weighted by Crippen LogP contribution is -2.32. The third kappa shape index (κ3) is 3.94. The predicted octanol–water partition coefficient (Wildman–Crippen LogP) is 1.95. The Morgan fingerprint density at radius 2 is 1.74 bits per heavy atom. The number of nitrogens with zero attached hydrogens (tertiary/aromatic N) is 1. The molecule has 0 radical (unpaired) electrons. The number of nitrogens with two attached hydrogens (primary N) is 1. The van der Waals surface area contributed by atoms with Crippen LogP contribution in [0.4, 0.5) is 14.5 Å². The highest BCUT2D eigenvalue weighted by molar-refractivity contribution is 6.37. The van der Waals surface area contributed by atoms with Crippen LogP contribution in [0, 0.1) is 17.6 Å². The van der Waals surface area contributed by atoms with Crippen LogP contribution < -0.4 is 15.4 Å². The Bertz CT molecular complexity index is 879. The third-order valence-electron chi connectivity index (χ3n) is 4.33. The SMILES string of the molecule is NC(=O)C(=O)[C@@H]1CC(=O)N(c2ccc(OCc3c(F)cccc3F)cc2)C1. The van der Waals surface area contributed by atoms with Gasteiger partial charge in [0.05, 0.1) is 11.5 Å². The molecule has 1 heterocycles. The predicted molar refractivity (Wildman–Crippen MR) is 91.8 cm³/mol. The van der Waals surface area contributed by atoms with Crippen molar-refractivity contribution in [3.8, 4) is 5.75 Å². The maximum absolute atomic E-state index is 13.6. The van der Waals surface area contributed by atoms with Gasteiger partial charge in [0.15, 0.2) is 0 Å². The first-order valence-electron chi connectivity index (χ1n) is 8.16. The van der Waals surface area contributed by atoms with Gasteiger partial charge in [-0.05, 0) is 36.4 Å². The molecule has 0 saturated carbocycles. The molecule has 2 aromatic rings. The molecule has 3 rings (SSSR count). The Labute approximate surface area is 153 Å². The molecule has 1 aliphatic heterocycles. The van der Waals surface area contributed by atoms with Gasteiger partial charge >= 0.3 is 0 Å². The number of ether oxygens (including phenoxy) is 1. The van der Waals surface area contributed by atoms with Gasteiger partial charge < -0.3 is 15.4 Å². The van der Waals surface area contributed by atoms with Gasteiger partial charge in [-0.15, -0.1) is 0 Å². The van der Waals surface area contributed by atoms with E-state index in [2.05, 4.69) is 0 Å². The number of hydrogen-bond donors (Lipinski definition) is 1. The van der Waals surface area contributed by atoms with Gasteiger partial charge in [-0.1, -0.05) is 6.07 Å². The summed E-state index contributed by atoms with van der Waals surface area (Å²) in [5.74, 6) is -3.90. The Morgan fingerprint density at radius 3 is 2.33 bits per heavy atom. The molecular formula is C19H16F2N2O4. The van der Waals surface area contributed by atoms with E-state index in [0.717, 1.165) is 12.1 Å². The van der Waals surface area contributed by atoms with Gasteiger partial charge in [0.25, 0.3) is 5.91 Å². The number of benzene rings is 2. The standard InChI is InChI=1S/C19H16F2N2O4/c20-15-2-1-3-16(21)14(15)10-27-13-6-4-12(5-7-13)23-9-11(8-17(23)24)18(25)19(22)26/h1-7,11H,8-10H2,(H2,22,26)/t11-/m1/s1. The first-order chi connectivity index (χ1) is 12.9. The van der Waals surface area contributed by atoms with Crippen LogP contribution in [0.3, 0.4) is 0 Å². The fourth-order valence-electron chi connectivity index (χ4n) is 2.88.